The van der Waals surface area contributed by atoms with Crippen molar-refractivity contribution in [3.05, 3.63) is 48.0 Å². The van der Waals surface area contributed by atoms with E-state index in [1.807, 2.05) is 0 Å². The molecule has 0 aliphatic carbocycles. The maximum absolute atomic E-state index is 11.9. The van der Waals surface area contributed by atoms with E-state index >= 15 is 0 Å². The van der Waals surface area contributed by atoms with Crippen molar-refractivity contribution in [3.63, 3.8) is 0 Å². The molecular weight excluding hydrogens is 316 g/mol. The highest BCUT2D eigenvalue weighted by atomic mass is 32.2. The van der Waals surface area contributed by atoms with Crippen LogP contribution in [0.15, 0.2) is 47.4 Å². The van der Waals surface area contributed by atoms with Crippen molar-refractivity contribution in [2.45, 2.75) is 4.90 Å². The lowest BCUT2D eigenvalue weighted by Crippen LogP contribution is -2.15. The van der Waals surface area contributed by atoms with Gasteiger partial charge in [-0.2, -0.15) is 0 Å². The predicted molar refractivity (Wildman–Crippen MR) is 87.0 cm³/mol. The van der Waals surface area contributed by atoms with E-state index in [0.29, 0.717) is 12.0 Å². The fraction of sp³-hybridized carbons (Fsp3) is 0.0625. The molecule has 0 unspecified atom stereocenters. The molecule has 0 spiro atoms. The summed E-state index contributed by atoms with van der Waals surface area (Å²) in [6.07, 6.45) is 5.72. The minimum atomic E-state index is -4.11. The molecule has 0 saturated carbocycles. The molecule has 0 saturated heterocycles. The fourth-order valence-corrected chi connectivity index (χ4v) is 2.60. The average molecular weight is 330 g/mol. The molecule has 0 radical (unpaired) electrons. The fourth-order valence-electron chi connectivity index (χ4n) is 1.89. The first-order valence-corrected chi connectivity index (χ1v) is 8.06. The molecule has 0 fully saturated rings. The molecule has 0 amide bonds. The number of hydrogen-bond donors (Lipinski definition) is 2. The molecule has 0 atom stereocenters. The second-order valence-corrected chi connectivity index (χ2v) is 6.06. The molecule has 2 aromatic carbocycles. The van der Waals surface area contributed by atoms with E-state index in [1.165, 1.54) is 6.07 Å². The van der Waals surface area contributed by atoms with Crippen molar-refractivity contribution in [3.8, 4) is 23.8 Å². The van der Waals surface area contributed by atoms with Crippen molar-refractivity contribution in [1.82, 2.24) is 0 Å². The number of nitrogens with two attached hydrogens (primary N) is 1. The van der Waals surface area contributed by atoms with E-state index < -0.39 is 10.0 Å². The van der Waals surface area contributed by atoms with E-state index in [1.54, 1.807) is 30.3 Å². The number of rotatable bonds is 6. The number of nitrogens with one attached hydrogen (secondary N) is 1. The van der Waals surface area contributed by atoms with Crippen LogP contribution in [0.4, 0.5) is 5.69 Å². The van der Waals surface area contributed by atoms with Crippen LogP contribution < -0.4 is 15.2 Å². The number of para-hydroxylation sites is 1. The van der Waals surface area contributed by atoms with Crippen LogP contribution in [0.1, 0.15) is 10.4 Å². The van der Waals surface area contributed by atoms with Crippen LogP contribution in [0.2, 0.25) is 0 Å². The average Bonchev–Trinajstić information content (AvgIpc) is 2.53. The molecule has 23 heavy (non-hydrogen) atoms. The number of sulfonamides is 1. The molecule has 2 aromatic rings. The van der Waals surface area contributed by atoms with Gasteiger partial charge in [-0.3, -0.25) is 4.79 Å². The zero-order chi connectivity index (χ0) is 16.9. The quantitative estimate of drug-likeness (QED) is 0.623. The van der Waals surface area contributed by atoms with Gasteiger partial charge in [-0.05, 0) is 24.3 Å². The van der Waals surface area contributed by atoms with E-state index in [0.717, 1.165) is 6.07 Å². The number of aldehydes is 1. The molecule has 118 valence electrons. The number of primary sulfonamides is 1. The number of carbonyl (C=O) groups is 1. The SMILES string of the molecule is C#CCNc1cc(C=O)cc(S(N)(=O)=O)c1Oc1ccccc1. The molecule has 0 aromatic heterocycles. The standard InChI is InChI=1S/C16H14N2O4S/c1-2-8-18-14-9-12(11-19)10-15(23(17,20)21)16(14)22-13-6-4-3-5-7-13/h1,3-7,9-11,18H,8H2,(H2,17,20,21). The molecule has 0 aliphatic rings. The number of anilines is 1. The first-order chi connectivity index (χ1) is 11.0. The summed E-state index contributed by atoms with van der Waals surface area (Å²) in [4.78, 5) is 10.7. The van der Waals surface area contributed by atoms with Gasteiger partial charge >= 0.3 is 0 Å². The first kappa shape index (κ1) is 16.5. The van der Waals surface area contributed by atoms with Gasteiger partial charge in [0.15, 0.2) is 5.75 Å². The van der Waals surface area contributed by atoms with E-state index in [4.69, 9.17) is 16.3 Å². The maximum Gasteiger partial charge on any atom is 0.241 e. The van der Waals surface area contributed by atoms with Crippen LogP contribution in [0.5, 0.6) is 11.5 Å². The smallest absolute Gasteiger partial charge is 0.241 e. The minimum Gasteiger partial charge on any atom is -0.454 e. The summed E-state index contributed by atoms with van der Waals surface area (Å²) < 4.78 is 29.4. The third-order valence-corrected chi connectivity index (χ3v) is 3.78. The van der Waals surface area contributed by atoms with Gasteiger partial charge in [-0.25, -0.2) is 13.6 Å². The van der Waals surface area contributed by atoms with E-state index in [9.17, 15) is 13.2 Å². The summed E-state index contributed by atoms with van der Waals surface area (Å²) in [5, 5.41) is 8.07. The number of terminal acetylenes is 1. The second kappa shape index (κ2) is 6.96. The normalized spacial score (nSPS) is 10.6. The summed E-state index contributed by atoms with van der Waals surface area (Å²) in [6, 6.07) is 11.2. The summed E-state index contributed by atoms with van der Waals surface area (Å²) in [6.45, 7) is 0.123. The first-order valence-electron chi connectivity index (χ1n) is 6.52. The van der Waals surface area contributed by atoms with Crippen molar-refractivity contribution >= 4 is 22.0 Å². The summed E-state index contributed by atoms with van der Waals surface area (Å²) in [5.41, 5.74) is 0.398. The third-order valence-electron chi connectivity index (χ3n) is 2.86. The summed E-state index contributed by atoms with van der Waals surface area (Å²) in [5.74, 6) is 2.77. The minimum absolute atomic E-state index is 0.0143. The summed E-state index contributed by atoms with van der Waals surface area (Å²) >= 11 is 0. The highest BCUT2D eigenvalue weighted by molar-refractivity contribution is 7.89. The lowest BCUT2D eigenvalue weighted by molar-refractivity contribution is 0.112. The zero-order valence-electron chi connectivity index (χ0n) is 12.0. The van der Waals surface area contributed by atoms with Crippen LogP contribution in [-0.2, 0) is 10.0 Å². The van der Waals surface area contributed by atoms with Gasteiger partial charge in [0.05, 0.1) is 12.2 Å². The molecule has 0 heterocycles. The predicted octanol–water partition coefficient (Wildman–Crippen LogP) is 1.98. The Bertz CT molecular complexity index is 856. The number of hydrogen-bond acceptors (Lipinski definition) is 5. The van der Waals surface area contributed by atoms with Crippen LogP contribution in [0.25, 0.3) is 0 Å². The molecule has 3 N–H and O–H groups in total. The van der Waals surface area contributed by atoms with Gasteiger partial charge in [0.25, 0.3) is 0 Å². The van der Waals surface area contributed by atoms with Crippen molar-refractivity contribution in [2.75, 3.05) is 11.9 Å². The van der Waals surface area contributed by atoms with Crippen LogP contribution in [0, 0.1) is 12.3 Å². The molecule has 6 nitrogen and oxygen atoms in total. The van der Waals surface area contributed by atoms with Gasteiger partial charge < -0.3 is 10.1 Å². The highest BCUT2D eigenvalue weighted by Gasteiger charge is 2.21. The van der Waals surface area contributed by atoms with E-state index in [2.05, 4.69) is 11.2 Å². The maximum atomic E-state index is 11.9. The van der Waals surface area contributed by atoms with Crippen LogP contribution >= 0.6 is 0 Å². The molecule has 0 bridgehead atoms. The molecular formula is C16H14N2O4S. The largest absolute Gasteiger partial charge is 0.454 e. The highest BCUT2D eigenvalue weighted by Crippen LogP contribution is 2.36. The Morgan fingerprint density at radius 2 is 1.96 bits per heavy atom. The van der Waals surface area contributed by atoms with Gasteiger partial charge in [0.2, 0.25) is 10.0 Å². The Morgan fingerprint density at radius 3 is 2.52 bits per heavy atom. The number of carbonyl (C=O) groups excluding carboxylic acids is 1. The van der Waals surface area contributed by atoms with Gasteiger partial charge in [0, 0.05) is 5.56 Å². The van der Waals surface area contributed by atoms with Crippen LogP contribution in [0.3, 0.4) is 0 Å². The van der Waals surface area contributed by atoms with Gasteiger partial charge in [-0.1, -0.05) is 24.1 Å². The molecule has 2 rings (SSSR count). The van der Waals surface area contributed by atoms with Gasteiger partial charge in [0.1, 0.15) is 16.9 Å². The van der Waals surface area contributed by atoms with Crippen molar-refractivity contribution in [2.24, 2.45) is 5.14 Å². The van der Waals surface area contributed by atoms with Gasteiger partial charge in [-0.15, -0.1) is 6.42 Å². The zero-order valence-corrected chi connectivity index (χ0v) is 12.8. The number of ether oxygens (including phenoxy) is 1. The van der Waals surface area contributed by atoms with E-state index in [-0.39, 0.29) is 28.4 Å². The van der Waals surface area contributed by atoms with Crippen molar-refractivity contribution in [1.29, 1.82) is 0 Å². The monoisotopic (exact) mass is 330 g/mol. The Balaban J connectivity index is 2.63. The molecule has 0 aliphatic heterocycles. The Hall–Kier alpha value is -2.82. The second-order valence-electron chi connectivity index (χ2n) is 4.53. The van der Waals surface area contributed by atoms with Crippen LogP contribution in [-0.4, -0.2) is 21.2 Å². The Kier molecular flexibility index (Phi) is 5.01. The lowest BCUT2D eigenvalue weighted by atomic mass is 10.2. The van der Waals surface area contributed by atoms with Crippen molar-refractivity contribution < 1.29 is 17.9 Å². The lowest BCUT2D eigenvalue weighted by Gasteiger charge is -2.16. The third kappa shape index (κ3) is 4.10. The topological polar surface area (TPSA) is 98.5 Å². The molecule has 7 heteroatoms. The number of benzene rings is 2. The Morgan fingerprint density at radius 1 is 1.26 bits per heavy atom. The Labute approximate surface area is 134 Å². The summed E-state index contributed by atoms with van der Waals surface area (Å²) in [7, 11) is -4.11.